The molecule has 2 aromatic heterocycles. The van der Waals surface area contributed by atoms with Crippen LogP contribution >= 0.6 is 0 Å². The Morgan fingerprint density at radius 2 is 2.27 bits per heavy atom. The number of urea groups is 1. The number of amides is 2. The average molecular weight is 351 g/mol. The second-order valence-corrected chi connectivity index (χ2v) is 6.55. The van der Waals surface area contributed by atoms with Crippen LogP contribution in [0.5, 0.6) is 0 Å². The van der Waals surface area contributed by atoms with Crippen molar-refractivity contribution < 1.29 is 9.21 Å². The Hall–Kier alpha value is -3.09. The highest BCUT2D eigenvalue weighted by Gasteiger charge is 2.27. The second kappa shape index (κ2) is 7.03. The molecule has 3 aromatic rings. The van der Waals surface area contributed by atoms with Crippen molar-refractivity contribution in [2.24, 2.45) is 0 Å². The van der Waals surface area contributed by atoms with Gasteiger partial charge >= 0.3 is 6.03 Å². The van der Waals surface area contributed by atoms with E-state index in [-0.39, 0.29) is 11.9 Å². The summed E-state index contributed by atoms with van der Waals surface area (Å²) in [7, 11) is 0. The fourth-order valence-corrected chi connectivity index (χ4v) is 3.31. The molecule has 1 fully saturated rings. The number of aryl methyl sites for hydroxylation is 1. The Morgan fingerprint density at radius 1 is 1.35 bits per heavy atom. The van der Waals surface area contributed by atoms with E-state index in [9.17, 15) is 4.79 Å². The van der Waals surface area contributed by atoms with E-state index in [2.05, 4.69) is 20.5 Å². The van der Waals surface area contributed by atoms with Crippen LogP contribution < -0.4 is 5.32 Å². The van der Waals surface area contributed by atoms with Gasteiger partial charge in [-0.25, -0.2) is 9.78 Å². The van der Waals surface area contributed by atoms with Crippen molar-refractivity contribution in [1.29, 1.82) is 0 Å². The van der Waals surface area contributed by atoms with E-state index in [1.54, 1.807) is 6.26 Å². The number of nitrogens with zero attached hydrogens (tertiary/aromatic N) is 3. The Kier molecular flexibility index (Phi) is 4.43. The van der Waals surface area contributed by atoms with Crippen molar-refractivity contribution in [2.75, 3.05) is 18.4 Å². The van der Waals surface area contributed by atoms with Crippen LogP contribution in [-0.4, -0.2) is 39.2 Å². The summed E-state index contributed by atoms with van der Waals surface area (Å²) in [5.41, 5.74) is 1.68. The maximum absolute atomic E-state index is 12.7. The van der Waals surface area contributed by atoms with Gasteiger partial charge in [0.25, 0.3) is 0 Å². The first-order chi connectivity index (χ1) is 12.7. The van der Waals surface area contributed by atoms with Gasteiger partial charge in [0, 0.05) is 30.3 Å². The second-order valence-electron chi connectivity index (χ2n) is 6.55. The zero-order chi connectivity index (χ0) is 17.9. The average Bonchev–Trinajstić information content (AvgIpc) is 3.34. The van der Waals surface area contributed by atoms with Crippen LogP contribution in [0.3, 0.4) is 0 Å². The van der Waals surface area contributed by atoms with Gasteiger partial charge in [0.15, 0.2) is 5.82 Å². The minimum Gasteiger partial charge on any atom is -0.464 e. The lowest BCUT2D eigenvalue weighted by Crippen LogP contribution is -2.41. The highest BCUT2D eigenvalue weighted by Crippen LogP contribution is 2.26. The first-order valence-corrected chi connectivity index (χ1v) is 8.78. The summed E-state index contributed by atoms with van der Waals surface area (Å²) >= 11 is 0. The third kappa shape index (κ3) is 3.46. The molecule has 0 aliphatic carbocycles. The van der Waals surface area contributed by atoms with Crippen LogP contribution in [0.4, 0.5) is 10.5 Å². The molecule has 0 spiro atoms. The van der Waals surface area contributed by atoms with Crippen molar-refractivity contribution in [1.82, 2.24) is 20.1 Å². The Labute approximate surface area is 151 Å². The Morgan fingerprint density at radius 3 is 3.04 bits per heavy atom. The van der Waals surface area contributed by atoms with E-state index >= 15 is 0 Å². The minimum atomic E-state index is -0.0986. The van der Waals surface area contributed by atoms with Crippen LogP contribution in [0.2, 0.25) is 0 Å². The van der Waals surface area contributed by atoms with Gasteiger partial charge in [-0.05, 0) is 44.0 Å². The normalized spacial score (nSPS) is 17.3. The number of rotatable bonds is 3. The molecule has 2 amide bonds. The number of carbonyl (C=O) groups excluding carboxylic acids is 1. The number of likely N-dealkylation sites (tertiary alicyclic amines) is 1. The van der Waals surface area contributed by atoms with Gasteiger partial charge in [0.2, 0.25) is 0 Å². The third-order valence-corrected chi connectivity index (χ3v) is 4.61. The molecular weight excluding hydrogens is 330 g/mol. The molecule has 7 nitrogen and oxygen atoms in total. The van der Waals surface area contributed by atoms with Crippen molar-refractivity contribution in [2.45, 2.75) is 25.7 Å². The molecule has 4 rings (SSSR count). The fourth-order valence-electron chi connectivity index (χ4n) is 3.31. The molecule has 134 valence electrons. The number of aromatic amines is 1. The van der Waals surface area contributed by atoms with Gasteiger partial charge in [-0.1, -0.05) is 12.1 Å². The predicted octanol–water partition coefficient (Wildman–Crippen LogP) is 3.78. The molecule has 0 saturated carbocycles. The molecule has 2 N–H and O–H groups in total. The molecule has 3 heterocycles. The molecule has 1 aliphatic rings. The quantitative estimate of drug-likeness (QED) is 0.752. The molecule has 0 unspecified atom stereocenters. The largest absolute Gasteiger partial charge is 0.464 e. The maximum atomic E-state index is 12.7. The standard InChI is InChI=1S/C19H21N5O2/c1-13-20-18(23-22-13)15-6-3-9-24(12-15)19(25)21-16-7-2-5-14(11-16)17-8-4-10-26-17/h2,4-5,7-8,10-11,15H,3,6,9,12H2,1H3,(H,21,25)(H,20,22,23)/t15-/m0/s1. The molecule has 1 aromatic carbocycles. The Balaban J connectivity index is 1.44. The summed E-state index contributed by atoms with van der Waals surface area (Å²) in [5.74, 6) is 2.55. The third-order valence-electron chi connectivity index (χ3n) is 4.61. The summed E-state index contributed by atoms with van der Waals surface area (Å²) < 4.78 is 5.42. The van der Waals surface area contributed by atoms with Crippen molar-refractivity contribution in [3.63, 3.8) is 0 Å². The zero-order valence-electron chi connectivity index (χ0n) is 14.6. The zero-order valence-corrected chi connectivity index (χ0v) is 14.6. The summed E-state index contributed by atoms with van der Waals surface area (Å²) in [6.07, 6.45) is 3.58. The highest BCUT2D eigenvalue weighted by atomic mass is 16.3. The van der Waals surface area contributed by atoms with Gasteiger partial charge in [-0.2, -0.15) is 5.10 Å². The summed E-state index contributed by atoms with van der Waals surface area (Å²) in [6, 6.07) is 11.3. The first kappa shape index (κ1) is 16.4. The molecule has 0 bridgehead atoms. The SMILES string of the molecule is Cc1nc([C@H]2CCCN(C(=O)Nc3cccc(-c4ccco4)c3)C2)n[nH]1. The monoisotopic (exact) mass is 351 g/mol. The van der Waals surface area contributed by atoms with Crippen LogP contribution in [-0.2, 0) is 0 Å². The molecule has 7 heteroatoms. The highest BCUT2D eigenvalue weighted by molar-refractivity contribution is 5.90. The van der Waals surface area contributed by atoms with Crippen LogP contribution in [0.15, 0.2) is 47.1 Å². The van der Waals surface area contributed by atoms with E-state index in [0.29, 0.717) is 6.54 Å². The van der Waals surface area contributed by atoms with Crippen molar-refractivity contribution >= 4 is 11.7 Å². The fraction of sp³-hybridized carbons (Fsp3) is 0.316. The molecule has 1 saturated heterocycles. The number of nitrogens with one attached hydrogen (secondary N) is 2. The number of anilines is 1. The lowest BCUT2D eigenvalue weighted by molar-refractivity contribution is 0.191. The number of furan rings is 1. The number of H-pyrrole nitrogens is 1. The molecular formula is C19H21N5O2. The van der Waals surface area contributed by atoms with E-state index in [4.69, 9.17) is 4.42 Å². The Bertz CT molecular complexity index is 887. The molecule has 0 radical (unpaired) electrons. The molecule has 26 heavy (non-hydrogen) atoms. The van der Waals surface area contributed by atoms with Crippen LogP contribution in [0, 0.1) is 6.92 Å². The van der Waals surface area contributed by atoms with Crippen LogP contribution in [0.25, 0.3) is 11.3 Å². The van der Waals surface area contributed by atoms with E-state index < -0.39 is 0 Å². The molecule has 1 atom stereocenters. The van der Waals surface area contributed by atoms with E-state index in [0.717, 1.165) is 48.0 Å². The minimum absolute atomic E-state index is 0.0986. The predicted molar refractivity (Wildman–Crippen MR) is 97.8 cm³/mol. The summed E-state index contributed by atoms with van der Waals surface area (Å²) in [5, 5.41) is 10.1. The van der Waals surface area contributed by atoms with Crippen molar-refractivity contribution in [3.05, 3.63) is 54.3 Å². The molecule has 1 aliphatic heterocycles. The number of hydrogen-bond acceptors (Lipinski definition) is 4. The number of carbonyl (C=O) groups is 1. The summed E-state index contributed by atoms with van der Waals surface area (Å²) in [6.45, 7) is 3.25. The van der Waals surface area contributed by atoms with Crippen molar-refractivity contribution in [3.8, 4) is 11.3 Å². The summed E-state index contributed by atoms with van der Waals surface area (Å²) in [4.78, 5) is 18.9. The number of aromatic nitrogens is 3. The van der Waals surface area contributed by atoms with Gasteiger partial charge in [0.05, 0.1) is 6.26 Å². The number of hydrogen-bond donors (Lipinski definition) is 2. The lowest BCUT2D eigenvalue weighted by atomic mass is 9.97. The van der Waals surface area contributed by atoms with Crippen LogP contribution in [0.1, 0.15) is 30.4 Å². The lowest BCUT2D eigenvalue weighted by Gasteiger charge is -2.31. The number of benzene rings is 1. The van der Waals surface area contributed by atoms with Gasteiger partial charge in [-0.3, -0.25) is 5.10 Å². The first-order valence-electron chi connectivity index (χ1n) is 8.78. The van der Waals surface area contributed by atoms with E-state index in [1.165, 1.54) is 0 Å². The smallest absolute Gasteiger partial charge is 0.321 e. The maximum Gasteiger partial charge on any atom is 0.321 e. The van der Waals surface area contributed by atoms with E-state index in [1.807, 2.05) is 48.2 Å². The topological polar surface area (TPSA) is 87.1 Å². The number of piperidine rings is 1. The van der Waals surface area contributed by atoms with Gasteiger partial charge < -0.3 is 14.6 Å². The van der Waals surface area contributed by atoms with Gasteiger partial charge in [-0.15, -0.1) is 0 Å². The van der Waals surface area contributed by atoms with Gasteiger partial charge in [0.1, 0.15) is 11.6 Å².